The Hall–Kier alpha value is -3.67. The highest BCUT2D eigenvalue weighted by Gasteiger charge is 2.49. The molecule has 4 heterocycles. The van der Waals surface area contributed by atoms with Crippen molar-refractivity contribution in [3.63, 3.8) is 0 Å². The summed E-state index contributed by atoms with van der Waals surface area (Å²) in [6.45, 7) is 9.66. The Morgan fingerprint density at radius 1 is 1.23 bits per heavy atom. The number of ether oxygens (including phenoxy) is 1. The molecule has 1 aliphatic carbocycles. The van der Waals surface area contributed by atoms with Gasteiger partial charge in [0.05, 0.1) is 12.2 Å². The molecule has 1 saturated heterocycles. The molecule has 0 aromatic carbocycles. The van der Waals surface area contributed by atoms with Crippen molar-refractivity contribution in [2.75, 3.05) is 23.8 Å². The molecule has 1 aliphatic heterocycles. The number of anilines is 2. The third-order valence-corrected chi connectivity index (χ3v) is 8.59. The van der Waals surface area contributed by atoms with Gasteiger partial charge < -0.3 is 15.4 Å². The zero-order valence-electron chi connectivity index (χ0n) is 22.7. The van der Waals surface area contributed by atoms with Crippen LogP contribution in [0.1, 0.15) is 63.7 Å². The molecule has 11 nitrogen and oxygen atoms in total. The molecule has 3 aromatic rings. The SMILES string of the molecule is CC1CN(c2nc(-n3ccc(OCC(C)(C)C)n3)ccc2C(=O)NS(=O)(=O)c2cccnc2N)C2(CCC2)C1. The summed E-state index contributed by atoms with van der Waals surface area (Å²) in [6, 6.07) is 7.78. The summed E-state index contributed by atoms with van der Waals surface area (Å²) in [7, 11) is -4.25. The number of carbonyl (C=O) groups excluding carboxylic acids is 1. The van der Waals surface area contributed by atoms with Gasteiger partial charge in [0.15, 0.2) is 5.82 Å². The van der Waals surface area contributed by atoms with E-state index < -0.39 is 15.9 Å². The number of sulfonamides is 1. The van der Waals surface area contributed by atoms with Crippen molar-refractivity contribution in [3.05, 3.63) is 48.3 Å². The number of nitrogens with zero attached hydrogens (tertiary/aromatic N) is 5. The molecule has 1 unspecified atom stereocenters. The Bertz CT molecular complexity index is 1490. The summed E-state index contributed by atoms with van der Waals surface area (Å²) < 4.78 is 35.6. The predicted octanol–water partition coefficient (Wildman–Crippen LogP) is 3.56. The second kappa shape index (κ2) is 9.82. The minimum absolute atomic E-state index is 0.0193. The smallest absolute Gasteiger partial charge is 0.268 e. The van der Waals surface area contributed by atoms with Crippen molar-refractivity contribution >= 4 is 27.6 Å². The normalized spacial score (nSPS) is 18.7. The van der Waals surface area contributed by atoms with E-state index in [0.29, 0.717) is 30.0 Å². The van der Waals surface area contributed by atoms with Gasteiger partial charge in [0.2, 0.25) is 5.88 Å². The largest absolute Gasteiger partial charge is 0.476 e. The number of hydrogen-bond donors (Lipinski definition) is 2. The summed E-state index contributed by atoms with van der Waals surface area (Å²) in [6.07, 6.45) is 7.25. The van der Waals surface area contributed by atoms with Crippen molar-refractivity contribution in [1.29, 1.82) is 0 Å². The van der Waals surface area contributed by atoms with Crippen molar-refractivity contribution in [2.24, 2.45) is 11.3 Å². The van der Waals surface area contributed by atoms with Gasteiger partial charge in [-0.2, -0.15) is 0 Å². The van der Waals surface area contributed by atoms with Gasteiger partial charge in [0.1, 0.15) is 16.5 Å². The highest BCUT2D eigenvalue weighted by Crippen LogP contribution is 2.49. The maximum Gasteiger partial charge on any atom is 0.268 e. The lowest BCUT2D eigenvalue weighted by Gasteiger charge is -2.47. The molecule has 0 bridgehead atoms. The number of hydrogen-bond acceptors (Lipinski definition) is 9. The molecule has 1 amide bonds. The fourth-order valence-corrected chi connectivity index (χ4v) is 6.36. The third kappa shape index (κ3) is 5.42. The lowest BCUT2D eigenvalue weighted by molar-refractivity contribution is 0.0981. The number of nitrogen functional groups attached to an aromatic ring is 1. The van der Waals surface area contributed by atoms with E-state index in [1.807, 2.05) is 0 Å². The van der Waals surface area contributed by atoms with Gasteiger partial charge in [0, 0.05) is 30.5 Å². The minimum atomic E-state index is -4.25. The van der Waals surface area contributed by atoms with Crippen LogP contribution in [0.3, 0.4) is 0 Å². The molecule has 39 heavy (non-hydrogen) atoms. The van der Waals surface area contributed by atoms with Gasteiger partial charge in [-0.1, -0.05) is 27.7 Å². The topological polar surface area (TPSA) is 145 Å². The number of aromatic nitrogens is 4. The van der Waals surface area contributed by atoms with E-state index in [2.05, 4.69) is 47.4 Å². The number of carbonyl (C=O) groups is 1. The molecule has 12 heteroatoms. The Labute approximate surface area is 228 Å². The fraction of sp³-hybridized carbons (Fsp3) is 0.481. The number of pyridine rings is 2. The van der Waals surface area contributed by atoms with E-state index in [1.165, 1.54) is 18.3 Å². The number of nitrogens with one attached hydrogen (secondary N) is 1. The average Bonchev–Trinajstić information content (AvgIpc) is 3.46. The van der Waals surface area contributed by atoms with Crippen LogP contribution in [0.15, 0.2) is 47.6 Å². The molecule has 3 aromatic heterocycles. The standard InChI is InChI=1S/C27H35N7O4S/c1-18-15-27(11-6-12-27)33(16-18)24-19(25(35)32-39(36,37)20-7-5-13-29-23(20)28)8-9-21(30-24)34-14-10-22(31-34)38-17-26(2,3)4/h5,7-10,13-14,18H,6,11-12,15-17H2,1-4H3,(H2,28,29)(H,32,35). The Morgan fingerprint density at radius 3 is 2.67 bits per heavy atom. The van der Waals surface area contributed by atoms with Crippen LogP contribution in [0.2, 0.25) is 0 Å². The van der Waals surface area contributed by atoms with E-state index in [9.17, 15) is 13.2 Å². The molecular formula is C27H35N7O4S. The molecular weight excluding hydrogens is 518 g/mol. The molecule has 2 fully saturated rings. The van der Waals surface area contributed by atoms with Crippen LogP contribution in [0.5, 0.6) is 5.88 Å². The highest BCUT2D eigenvalue weighted by molar-refractivity contribution is 7.90. The summed E-state index contributed by atoms with van der Waals surface area (Å²) in [5, 5.41) is 4.52. The van der Waals surface area contributed by atoms with E-state index in [1.54, 1.807) is 29.1 Å². The van der Waals surface area contributed by atoms with Crippen LogP contribution in [0.4, 0.5) is 11.6 Å². The first-order valence-corrected chi connectivity index (χ1v) is 14.6. The van der Waals surface area contributed by atoms with Gasteiger partial charge in [-0.15, -0.1) is 5.10 Å². The first kappa shape index (κ1) is 26.9. The Balaban J connectivity index is 1.51. The zero-order valence-corrected chi connectivity index (χ0v) is 23.5. The van der Waals surface area contributed by atoms with E-state index in [-0.39, 0.29) is 27.2 Å². The van der Waals surface area contributed by atoms with E-state index >= 15 is 0 Å². The Morgan fingerprint density at radius 2 is 2.00 bits per heavy atom. The van der Waals surface area contributed by atoms with E-state index in [0.717, 1.165) is 32.2 Å². The number of amides is 1. The van der Waals surface area contributed by atoms with Gasteiger partial charge in [0.25, 0.3) is 15.9 Å². The summed E-state index contributed by atoms with van der Waals surface area (Å²) >= 11 is 0. The molecule has 0 radical (unpaired) electrons. The van der Waals surface area contributed by atoms with Crippen LogP contribution in [-0.2, 0) is 10.0 Å². The zero-order chi connectivity index (χ0) is 28.0. The highest BCUT2D eigenvalue weighted by atomic mass is 32.2. The van der Waals surface area contributed by atoms with Crippen molar-refractivity contribution in [2.45, 2.75) is 63.8 Å². The van der Waals surface area contributed by atoms with Gasteiger partial charge >= 0.3 is 0 Å². The van der Waals surface area contributed by atoms with Crippen LogP contribution >= 0.6 is 0 Å². The van der Waals surface area contributed by atoms with Crippen molar-refractivity contribution in [1.82, 2.24) is 24.5 Å². The summed E-state index contributed by atoms with van der Waals surface area (Å²) in [4.78, 5) is 24.1. The van der Waals surface area contributed by atoms with Gasteiger partial charge in [-0.25, -0.2) is 27.8 Å². The molecule has 2 aliphatic rings. The summed E-state index contributed by atoms with van der Waals surface area (Å²) in [5.41, 5.74) is 5.84. The minimum Gasteiger partial charge on any atom is -0.476 e. The Kier molecular flexibility index (Phi) is 6.78. The second-order valence-electron chi connectivity index (χ2n) is 11.8. The lowest BCUT2D eigenvalue weighted by Crippen LogP contribution is -2.50. The van der Waals surface area contributed by atoms with Crippen molar-refractivity contribution < 1.29 is 17.9 Å². The molecule has 1 atom stereocenters. The van der Waals surface area contributed by atoms with Crippen LogP contribution in [0.25, 0.3) is 5.82 Å². The quantitative estimate of drug-likeness (QED) is 0.448. The molecule has 1 spiro atoms. The second-order valence-corrected chi connectivity index (χ2v) is 13.5. The maximum atomic E-state index is 13.5. The lowest BCUT2D eigenvalue weighted by atomic mass is 9.73. The van der Waals surface area contributed by atoms with E-state index in [4.69, 9.17) is 15.5 Å². The molecule has 3 N–H and O–H groups in total. The first-order chi connectivity index (χ1) is 18.4. The van der Waals surface area contributed by atoms with Crippen LogP contribution in [0, 0.1) is 11.3 Å². The summed E-state index contributed by atoms with van der Waals surface area (Å²) in [5.74, 6) is 0.859. The first-order valence-electron chi connectivity index (χ1n) is 13.1. The van der Waals surface area contributed by atoms with Crippen LogP contribution in [-0.4, -0.2) is 52.8 Å². The maximum absolute atomic E-state index is 13.5. The third-order valence-electron chi connectivity index (χ3n) is 7.21. The molecule has 1 saturated carbocycles. The number of rotatable bonds is 7. The van der Waals surface area contributed by atoms with Crippen LogP contribution < -0.4 is 20.1 Å². The monoisotopic (exact) mass is 553 g/mol. The average molecular weight is 554 g/mol. The van der Waals surface area contributed by atoms with Crippen molar-refractivity contribution in [3.8, 4) is 11.7 Å². The molecule has 208 valence electrons. The molecule has 5 rings (SSSR count). The number of nitrogens with two attached hydrogens (primary N) is 1. The van der Waals surface area contributed by atoms with Gasteiger partial charge in [-0.05, 0) is 61.3 Å². The predicted molar refractivity (Wildman–Crippen MR) is 147 cm³/mol. The fourth-order valence-electron chi connectivity index (χ4n) is 5.31. The van der Waals surface area contributed by atoms with Gasteiger partial charge in [-0.3, -0.25) is 4.79 Å².